The van der Waals surface area contributed by atoms with Gasteiger partial charge in [0.05, 0.1) is 13.5 Å². The Hall–Kier alpha value is -1.06. The number of piperidine rings is 1. The number of amides is 1. The van der Waals surface area contributed by atoms with Crippen LogP contribution in [0.25, 0.3) is 0 Å². The summed E-state index contributed by atoms with van der Waals surface area (Å²) in [6, 6.07) is 0. The zero-order chi connectivity index (χ0) is 15.0. The zero-order valence-electron chi connectivity index (χ0n) is 12.6. The topological polar surface area (TPSA) is 97.0 Å². The van der Waals surface area contributed by atoms with E-state index >= 15 is 0 Å². The molecule has 0 radical (unpaired) electrons. The van der Waals surface area contributed by atoms with Crippen LogP contribution in [-0.4, -0.2) is 56.5 Å². The number of aliphatic imine (C=N–C) groups is 1. The number of nitrogens with one attached hydrogen (secondary N) is 1. The zero-order valence-corrected chi connectivity index (χ0v) is 15.0. The van der Waals surface area contributed by atoms with Crippen molar-refractivity contribution in [2.24, 2.45) is 16.6 Å². The highest BCUT2D eigenvalue weighted by molar-refractivity contribution is 14.0. The molecule has 122 valence electrons. The minimum absolute atomic E-state index is 0. The molecule has 7 nitrogen and oxygen atoms in total. The first-order chi connectivity index (χ1) is 9.56. The van der Waals surface area contributed by atoms with E-state index in [0.717, 1.165) is 31.9 Å². The normalized spacial score (nSPS) is 18.7. The second-order valence-corrected chi connectivity index (χ2v) is 4.92. The Kier molecular flexibility index (Phi) is 10.1. The molecule has 1 amide bonds. The number of primary amides is 1. The Balaban J connectivity index is 0.00000400. The highest BCUT2D eigenvalue weighted by Gasteiger charge is 2.23. The molecule has 8 heteroatoms. The molecule has 1 rings (SSSR count). The fourth-order valence-corrected chi connectivity index (χ4v) is 2.42. The lowest BCUT2D eigenvalue weighted by Gasteiger charge is -2.34. The van der Waals surface area contributed by atoms with E-state index < -0.39 is 0 Å². The van der Waals surface area contributed by atoms with Crippen molar-refractivity contribution < 1.29 is 14.3 Å². The first-order valence-corrected chi connectivity index (χ1v) is 6.87. The molecule has 0 aromatic heterocycles. The number of nitrogens with two attached hydrogens (primary N) is 1. The summed E-state index contributed by atoms with van der Waals surface area (Å²) < 4.78 is 4.59. The maximum atomic E-state index is 11.1. The van der Waals surface area contributed by atoms with Crippen LogP contribution in [0.2, 0.25) is 0 Å². The van der Waals surface area contributed by atoms with Crippen LogP contribution in [0.5, 0.6) is 0 Å². The summed E-state index contributed by atoms with van der Waals surface area (Å²) in [6.07, 6.45) is 2.73. The first kappa shape index (κ1) is 19.9. The molecule has 1 saturated heterocycles. The number of hydrogen-bond acceptors (Lipinski definition) is 4. The smallest absolute Gasteiger partial charge is 0.307 e. The van der Waals surface area contributed by atoms with Gasteiger partial charge in [-0.05, 0) is 18.8 Å². The predicted molar refractivity (Wildman–Crippen MR) is 91.5 cm³/mol. The number of hydrogen-bond donors (Lipinski definition) is 2. The van der Waals surface area contributed by atoms with Crippen LogP contribution < -0.4 is 11.1 Å². The number of methoxy groups -OCH3 is 1. The molecular weight excluding hydrogens is 387 g/mol. The lowest BCUT2D eigenvalue weighted by atomic mass is 9.95. The quantitative estimate of drug-likeness (QED) is 0.294. The molecule has 0 bridgehead atoms. The van der Waals surface area contributed by atoms with Crippen molar-refractivity contribution >= 4 is 41.8 Å². The van der Waals surface area contributed by atoms with Crippen LogP contribution in [0.4, 0.5) is 0 Å². The Labute approximate surface area is 142 Å². The van der Waals surface area contributed by atoms with Crippen LogP contribution in [0.3, 0.4) is 0 Å². The lowest BCUT2D eigenvalue weighted by molar-refractivity contribution is -0.140. The molecule has 1 fully saturated rings. The van der Waals surface area contributed by atoms with Gasteiger partial charge >= 0.3 is 5.97 Å². The number of esters is 1. The second-order valence-electron chi connectivity index (χ2n) is 4.92. The van der Waals surface area contributed by atoms with Gasteiger partial charge in [-0.3, -0.25) is 14.6 Å². The van der Waals surface area contributed by atoms with Gasteiger partial charge in [-0.15, -0.1) is 24.0 Å². The van der Waals surface area contributed by atoms with E-state index in [1.165, 1.54) is 7.11 Å². The van der Waals surface area contributed by atoms with Gasteiger partial charge in [0.15, 0.2) is 5.96 Å². The summed E-state index contributed by atoms with van der Waals surface area (Å²) in [5.74, 6) is 0.521. The van der Waals surface area contributed by atoms with Gasteiger partial charge in [-0.25, -0.2) is 0 Å². The number of ether oxygens (including phenoxy) is 1. The lowest BCUT2D eigenvalue weighted by Crippen LogP contribution is -2.47. The molecule has 21 heavy (non-hydrogen) atoms. The van der Waals surface area contributed by atoms with Gasteiger partial charge in [0.1, 0.15) is 0 Å². The number of carbonyl (C=O) groups is 2. The van der Waals surface area contributed by atoms with Gasteiger partial charge in [0.25, 0.3) is 0 Å². The van der Waals surface area contributed by atoms with Crippen molar-refractivity contribution in [3.8, 4) is 0 Å². The molecule has 0 aromatic rings. The van der Waals surface area contributed by atoms with Gasteiger partial charge in [0, 0.05) is 33.1 Å². The molecule has 1 aliphatic rings. The SMILES string of the molecule is CN=C(NCCC(=O)OC)N1CCCC(CC(N)=O)C1.I. The summed E-state index contributed by atoms with van der Waals surface area (Å²) in [6.45, 7) is 2.14. The largest absolute Gasteiger partial charge is 0.469 e. The number of likely N-dealkylation sites (tertiary alicyclic amines) is 1. The third kappa shape index (κ3) is 7.49. The van der Waals surface area contributed by atoms with E-state index in [1.807, 2.05) is 0 Å². The average molecular weight is 412 g/mol. The summed E-state index contributed by atoms with van der Waals surface area (Å²) in [5.41, 5.74) is 5.25. The van der Waals surface area contributed by atoms with Crippen LogP contribution in [-0.2, 0) is 14.3 Å². The third-order valence-corrected chi connectivity index (χ3v) is 3.36. The van der Waals surface area contributed by atoms with Gasteiger partial charge in [-0.1, -0.05) is 0 Å². The van der Waals surface area contributed by atoms with Crippen LogP contribution in [0, 0.1) is 5.92 Å². The van der Waals surface area contributed by atoms with Crippen molar-refractivity contribution in [3.63, 3.8) is 0 Å². The summed E-state index contributed by atoms with van der Waals surface area (Å²) in [5, 5.41) is 3.14. The van der Waals surface area contributed by atoms with Crippen molar-refractivity contribution in [3.05, 3.63) is 0 Å². The van der Waals surface area contributed by atoms with Crippen LogP contribution in [0.1, 0.15) is 25.7 Å². The molecule has 1 unspecified atom stereocenters. The summed E-state index contributed by atoms with van der Waals surface area (Å²) >= 11 is 0. The highest BCUT2D eigenvalue weighted by atomic mass is 127. The van der Waals surface area contributed by atoms with Crippen molar-refractivity contribution in [2.45, 2.75) is 25.7 Å². The number of guanidine groups is 1. The predicted octanol–water partition coefficient (Wildman–Crippen LogP) is 0.330. The van der Waals surface area contributed by atoms with E-state index in [1.54, 1.807) is 7.05 Å². The molecule has 1 atom stereocenters. The van der Waals surface area contributed by atoms with Crippen LogP contribution in [0.15, 0.2) is 4.99 Å². The standard InChI is InChI=1S/C13H24N4O3.HI/c1-15-13(16-6-5-12(19)20-2)17-7-3-4-10(9-17)8-11(14)18;/h10H,3-9H2,1-2H3,(H2,14,18)(H,15,16);1H. The monoisotopic (exact) mass is 412 g/mol. The van der Waals surface area contributed by atoms with E-state index in [2.05, 4.69) is 19.9 Å². The van der Waals surface area contributed by atoms with Crippen molar-refractivity contribution in [1.82, 2.24) is 10.2 Å². The maximum Gasteiger partial charge on any atom is 0.307 e. The fourth-order valence-electron chi connectivity index (χ4n) is 2.42. The minimum atomic E-state index is -0.259. The second kappa shape index (κ2) is 10.6. The van der Waals surface area contributed by atoms with E-state index in [4.69, 9.17) is 5.73 Å². The number of nitrogens with zero attached hydrogens (tertiary/aromatic N) is 2. The van der Waals surface area contributed by atoms with Crippen molar-refractivity contribution in [2.75, 3.05) is 33.8 Å². The molecular formula is C13H25IN4O3. The molecule has 0 spiro atoms. The summed E-state index contributed by atoms with van der Waals surface area (Å²) in [4.78, 5) is 28.4. The molecule has 0 saturated carbocycles. The number of carbonyl (C=O) groups excluding carboxylic acids is 2. The Morgan fingerprint density at radius 3 is 2.76 bits per heavy atom. The van der Waals surface area contributed by atoms with Gasteiger partial charge < -0.3 is 20.7 Å². The maximum absolute atomic E-state index is 11.1. The summed E-state index contributed by atoms with van der Waals surface area (Å²) in [7, 11) is 3.08. The highest BCUT2D eigenvalue weighted by Crippen LogP contribution is 2.19. The Bertz CT molecular complexity index is 376. The molecule has 3 N–H and O–H groups in total. The third-order valence-electron chi connectivity index (χ3n) is 3.36. The van der Waals surface area contributed by atoms with Crippen LogP contribution >= 0.6 is 24.0 Å². The molecule has 1 aliphatic heterocycles. The molecule has 1 heterocycles. The van der Waals surface area contributed by atoms with Crippen molar-refractivity contribution in [1.29, 1.82) is 0 Å². The first-order valence-electron chi connectivity index (χ1n) is 6.87. The van der Waals surface area contributed by atoms with E-state index in [9.17, 15) is 9.59 Å². The van der Waals surface area contributed by atoms with E-state index in [-0.39, 0.29) is 41.8 Å². The number of halogens is 1. The molecule has 0 aliphatic carbocycles. The fraction of sp³-hybridized carbons (Fsp3) is 0.769. The average Bonchev–Trinajstić information content (AvgIpc) is 2.43. The Morgan fingerprint density at radius 1 is 1.48 bits per heavy atom. The number of rotatable bonds is 5. The Morgan fingerprint density at radius 2 is 2.19 bits per heavy atom. The van der Waals surface area contributed by atoms with E-state index in [0.29, 0.717) is 19.4 Å². The van der Waals surface area contributed by atoms with Gasteiger partial charge in [-0.2, -0.15) is 0 Å². The molecule has 0 aromatic carbocycles. The minimum Gasteiger partial charge on any atom is -0.469 e. The van der Waals surface area contributed by atoms with Gasteiger partial charge in [0.2, 0.25) is 5.91 Å².